The van der Waals surface area contributed by atoms with Crippen LogP contribution in [-0.4, -0.2) is 29.1 Å². The molecule has 0 aliphatic rings. The molecule has 0 spiro atoms. The zero-order chi connectivity index (χ0) is 37.0. The minimum Gasteiger partial charge on any atom is -0.309 e. The Labute approximate surface area is 322 Å². The summed E-state index contributed by atoms with van der Waals surface area (Å²) in [7, 11) is 0. The summed E-state index contributed by atoms with van der Waals surface area (Å²) in [5, 5.41) is 3.54. The number of hydrogen-bond acceptors (Lipinski definition) is 4. The van der Waals surface area contributed by atoms with Gasteiger partial charge in [-0.15, -0.1) is 0 Å². The van der Waals surface area contributed by atoms with Crippen LogP contribution in [0.2, 0.25) is 0 Å². The van der Waals surface area contributed by atoms with E-state index in [1.807, 2.05) is 72.9 Å². The van der Waals surface area contributed by atoms with Crippen LogP contribution in [0.15, 0.2) is 194 Å². The Balaban J connectivity index is 1.08. The molecule has 4 heterocycles. The Hall–Kier alpha value is -7.70. The first-order valence-electron chi connectivity index (χ1n) is 18.7. The lowest BCUT2D eigenvalue weighted by molar-refractivity contribution is 1.07. The van der Waals surface area contributed by atoms with Crippen molar-refractivity contribution in [3.63, 3.8) is 0 Å². The summed E-state index contributed by atoms with van der Waals surface area (Å²) in [5.41, 5.74) is 12.6. The zero-order valence-electron chi connectivity index (χ0n) is 30.2. The maximum absolute atomic E-state index is 5.02. The van der Waals surface area contributed by atoms with Gasteiger partial charge in [0.05, 0.1) is 27.6 Å². The maximum Gasteiger partial charge on any atom is 0.164 e. The van der Waals surface area contributed by atoms with E-state index in [-0.39, 0.29) is 0 Å². The highest BCUT2D eigenvalue weighted by Gasteiger charge is 2.18. The van der Waals surface area contributed by atoms with Gasteiger partial charge in [0.2, 0.25) is 0 Å². The standard InChI is InChI=1S/C50H32N6/c1-4-14-33(15-5-1)48-52-49(34-16-6-2-7-17-34)54-50(53-48)37-18-12-21-39(30-37)56-45-24-13-29-51-47(45)41-27-25-36(32-46(41)56)35-26-28-44-42(31-35)40-22-10-11-23-43(40)55(44)38-19-8-3-9-20-38/h1-32H. The molecule has 4 aromatic heterocycles. The summed E-state index contributed by atoms with van der Waals surface area (Å²) in [4.78, 5) is 19.8. The van der Waals surface area contributed by atoms with Crippen LogP contribution >= 0.6 is 0 Å². The van der Waals surface area contributed by atoms with Gasteiger partial charge in [0, 0.05) is 50.4 Å². The Bertz CT molecular complexity index is 3180. The minimum absolute atomic E-state index is 0.613. The van der Waals surface area contributed by atoms with E-state index in [4.69, 9.17) is 19.9 Å². The van der Waals surface area contributed by atoms with Gasteiger partial charge >= 0.3 is 0 Å². The van der Waals surface area contributed by atoms with Gasteiger partial charge in [0.1, 0.15) is 0 Å². The van der Waals surface area contributed by atoms with Gasteiger partial charge in [-0.25, -0.2) is 15.0 Å². The lowest BCUT2D eigenvalue weighted by atomic mass is 10.0. The normalized spacial score (nSPS) is 11.6. The summed E-state index contributed by atoms with van der Waals surface area (Å²) in [5.74, 6) is 1.88. The number of nitrogens with zero attached hydrogens (tertiary/aromatic N) is 6. The summed E-state index contributed by atoms with van der Waals surface area (Å²) in [6.45, 7) is 0. The fourth-order valence-electron chi connectivity index (χ4n) is 8.02. The van der Waals surface area contributed by atoms with Crippen molar-refractivity contribution in [1.29, 1.82) is 0 Å². The number of aromatic nitrogens is 6. The van der Waals surface area contributed by atoms with Crippen LogP contribution in [0.5, 0.6) is 0 Å². The molecule has 0 radical (unpaired) electrons. The van der Waals surface area contributed by atoms with Crippen molar-refractivity contribution in [1.82, 2.24) is 29.1 Å². The monoisotopic (exact) mass is 716 g/mol. The Kier molecular flexibility index (Phi) is 7.38. The van der Waals surface area contributed by atoms with E-state index in [1.54, 1.807) is 0 Å². The average Bonchev–Trinajstić information content (AvgIpc) is 3.79. The van der Waals surface area contributed by atoms with Crippen molar-refractivity contribution in [3.8, 4) is 56.7 Å². The van der Waals surface area contributed by atoms with Crippen molar-refractivity contribution in [3.05, 3.63) is 194 Å². The Morgan fingerprint density at radius 3 is 1.61 bits per heavy atom. The third-order valence-electron chi connectivity index (χ3n) is 10.6. The second-order valence-electron chi connectivity index (χ2n) is 13.9. The maximum atomic E-state index is 5.02. The number of pyridine rings is 1. The topological polar surface area (TPSA) is 61.4 Å². The van der Waals surface area contributed by atoms with E-state index in [1.165, 1.54) is 21.8 Å². The predicted octanol–water partition coefficient (Wildman–Crippen LogP) is 12.1. The van der Waals surface area contributed by atoms with Crippen molar-refractivity contribution >= 4 is 43.7 Å². The molecule has 0 N–H and O–H groups in total. The molecular formula is C50H32N6. The molecule has 0 atom stereocenters. The first-order valence-corrected chi connectivity index (χ1v) is 18.7. The molecule has 0 unspecified atom stereocenters. The summed E-state index contributed by atoms with van der Waals surface area (Å²) in [6.07, 6.45) is 1.87. The molecule has 11 rings (SSSR count). The first kappa shape index (κ1) is 31.8. The quantitative estimate of drug-likeness (QED) is 0.172. The second-order valence-corrected chi connectivity index (χ2v) is 13.9. The van der Waals surface area contributed by atoms with Gasteiger partial charge in [0.25, 0.3) is 0 Å². The Morgan fingerprint density at radius 2 is 0.857 bits per heavy atom. The van der Waals surface area contributed by atoms with Crippen LogP contribution in [0.25, 0.3) is 100 Å². The third kappa shape index (κ3) is 5.27. The van der Waals surface area contributed by atoms with Crippen LogP contribution < -0.4 is 0 Å². The zero-order valence-corrected chi connectivity index (χ0v) is 30.2. The summed E-state index contributed by atoms with van der Waals surface area (Å²) in [6, 6.07) is 65.6. The molecule has 0 aliphatic heterocycles. The highest BCUT2D eigenvalue weighted by atomic mass is 15.0. The molecule has 11 aromatic rings. The number of hydrogen-bond donors (Lipinski definition) is 0. The SMILES string of the molecule is c1ccc(-c2nc(-c3ccccc3)nc(-c3cccc(-n4c5cc(-c6ccc7c(c6)c6ccccc6n7-c6ccccc6)ccc5c5ncccc54)c3)n2)cc1. The molecule has 0 fully saturated rings. The van der Waals surface area contributed by atoms with Gasteiger partial charge in [0.15, 0.2) is 17.5 Å². The van der Waals surface area contributed by atoms with Crippen LogP contribution in [0.3, 0.4) is 0 Å². The van der Waals surface area contributed by atoms with Crippen molar-refractivity contribution in [2.24, 2.45) is 0 Å². The van der Waals surface area contributed by atoms with Gasteiger partial charge in [-0.05, 0) is 77.9 Å². The smallest absolute Gasteiger partial charge is 0.164 e. The molecule has 6 heteroatoms. The predicted molar refractivity (Wildman–Crippen MR) is 228 cm³/mol. The van der Waals surface area contributed by atoms with Crippen molar-refractivity contribution in [2.75, 3.05) is 0 Å². The molecule has 56 heavy (non-hydrogen) atoms. The van der Waals surface area contributed by atoms with Crippen molar-refractivity contribution in [2.45, 2.75) is 0 Å². The van der Waals surface area contributed by atoms with E-state index >= 15 is 0 Å². The van der Waals surface area contributed by atoms with Gasteiger partial charge in [-0.2, -0.15) is 0 Å². The van der Waals surface area contributed by atoms with E-state index < -0.39 is 0 Å². The van der Waals surface area contributed by atoms with Gasteiger partial charge < -0.3 is 9.13 Å². The first-order chi connectivity index (χ1) is 27.8. The fraction of sp³-hybridized carbons (Fsp3) is 0. The van der Waals surface area contributed by atoms with Crippen LogP contribution in [-0.2, 0) is 0 Å². The van der Waals surface area contributed by atoms with Crippen LogP contribution in [0.4, 0.5) is 0 Å². The minimum atomic E-state index is 0.613. The number of rotatable bonds is 6. The molecule has 0 aliphatic carbocycles. The molecule has 0 saturated heterocycles. The highest BCUT2D eigenvalue weighted by molar-refractivity contribution is 6.11. The molecule has 262 valence electrons. The lowest BCUT2D eigenvalue weighted by Gasteiger charge is -2.12. The molecule has 0 amide bonds. The molecular weight excluding hydrogens is 685 g/mol. The molecule has 0 bridgehead atoms. The van der Waals surface area contributed by atoms with Gasteiger partial charge in [-0.3, -0.25) is 4.98 Å². The number of para-hydroxylation sites is 2. The van der Waals surface area contributed by atoms with E-state index in [9.17, 15) is 0 Å². The average molecular weight is 717 g/mol. The largest absolute Gasteiger partial charge is 0.309 e. The van der Waals surface area contributed by atoms with E-state index in [0.717, 1.165) is 61.1 Å². The van der Waals surface area contributed by atoms with Crippen molar-refractivity contribution < 1.29 is 0 Å². The lowest BCUT2D eigenvalue weighted by Crippen LogP contribution is -2.01. The third-order valence-corrected chi connectivity index (χ3v) is 10.6. The molecule has 7 aromatic carbocycles. The van der Waals surface area contributed by atoms with Gasteiger partial charge in [-0.1, -0.05) is 121 Å². The van der Waals surface area contributed by atoms with Crippen LogP contribution in [0.1, 0.15) is 0 Å². The number of fused-ring (bicyclic) bond motifs is 6. The fourth-order valence-corrected chi connectivity index (χ4v) is 8.02. The molecule has 6 nitrogen and oxygen atoms in total. The van der Waals surface area contributed by atoms with E-state index in [2.05, 4.69) is 130 Å². The summed E-state index contributed by atoms with van der Waals surface area (Å²) >= 11 is 0. The second kappa shape index (κ2) is 13.0. The summed E-state index contributed by atoms with van der Waals surface area (Å²) < 4.78 is 4.66. The molecule has 0 saturated carbocycles. The van der Waals surface area contributed by atoms with E-state index in [0.29, 0.717) is 17.5 Å². The number of benzene rings is 7. The Morgan fingerprint density at radius 1 is 0.304 bits per heavy atom. The highest BCUT2D eigenvalue weighted by Crippen LogP contribution is 2.38. The van der Waals surface area contributed by atoms with Crippen LogP contribution in [0, 0.1) is 0 Å².